The van der Waals surface area contributed by atoms with E-state index in [9.17, 15) is 4.79 Å². The second-order valence-corrected chi connectivity index (χ2v) is 6.63. The van der Waals surface area contributed by atoms with Gasteiger partial charge in [-0.2, -0.15) is 0 Å². The molecular weight excluding hydrogens is 350 g/mol. The van der Waals surface area contributed by atoms with Crippen LogP contribution in [-0.2, 0) is 6.42 Å². The van der Waals surface area contributed by atoms with Crippen molar-refractivity contribution in [1.82, 2.24) is 20.2 Å². The Bertz CT molecular complexity index is 1040. The SMILES string of the molecule is COc1cccc(C(=O)Nc2nnc(Cc3nc4ccccc4[nH]3)s2)c1. The number of aromatic amines is 1. The molecule has 2 heterocycles. The van der Waals surface area contributed by atoms with E-state index >= 15 is 0 Å². The number of nitrogens with zero attached hydrogens (tertiary/aromatic N) is 3. The van der Waals surface area contributed by atoms with E-state index in [4.69, 9.17) is 4.74 Å². The van der Waals surface area contributed by atoms with Gasteiger partial charge in [0.2, 0.25) is 5.13 Å². The van der Waals surface area contributed by atoms with Crippen molar-refractivity contribution in [1.29, 1.82) is 0 Å². The molecule has 4 aromatic rings. The fourth-order valence-electron chi connectivity index (χ4n) is 2.54. The summed E-state index contributed by atoms with van der Waals surface area (Å²) in [4.78, 5) is 20.1. The maximum Gasteiger partial charge on any atom is 0.257 e. The Morgan fingerprint density at radius 3 is 2.92 bits per heavy atom. The Hall–Kier alpha value is -3.26. The Morgan fingerprint density at radius 2 is 2.08 bits per heavy atom. The number of benzene rings is 2. The number of para-hydroxylation sites is 2. The van der Waals surface area contributed by atoms with Crippen molar-refractivity contribution >= 4 is 33.4 Å². The molecule has 0 atom stereocenters. The Kier molecular flexibility index (Phi) is 4.32. The zero-order valence-electron chi connectivity index (χ0n) is 13.9. The first kappa shape index (κ1) is 16.2. The minimum Gasteiger partial charge on any atom is -0.497 e. The summed E-state index contributed by atoms with van der Waals surface area (Å²) in [5.74, 6) is 1.18. The highest BCUT2D eigenvalue weighted by Gasteiger charge is 2.12. The van der Waals surface area contributed by atoms with Gasteiger partial charge in [-0.25, -0.2) is 4.98 Å². The van der Waals surface area contributed by atoms with Crippen LogP contribution in [0, 0.1) is 0 Å². The summed E-state index contributed by atoms with van der Waals surface area (Å²) < 4.78 is 5.13. The number of methoxy groups -OCH3 is 1. The third kappa shape index (κ3) is 3.40. The first-order valence-electron chi connectivity index (χ1n) is 7.92. The normalized spacial score (nSPS) is 10.8. The van der Waals surface area contributed by atoms with Crippen molar-refractivity contribution < 1.29 is 9.53 Å². The first-order chi connectivity index (χ1) is 12.7. The highest BCUT2D eigenvalue weighted by molar-refractivity contribution is 7.15. The van der Waals surface area contributed by atoms with E-state index in [-0.39, 0.29) is 5.91 Å². The third-order valence-electron chi connectivity index (χ3n) is 3.78. The topological polar surface area (TPSA) is 92.8 Å². The van der Waals surface area contributed by atoms with Crippen molar-refractivity contribution in [2.45, 2.75) is 6.42 Å². The van der Waals surface area contributed by atoms with Gasteiger partial charge >= 0.3 is 0 Å². The van der Waals surface area contributed by atoms with E-state index in [1.807, 2.05) is 24.3 Å². The summed E-state index contributed by atoms with van der Waals surface area (Å²) in [6.07, 6.45) is 0.529. The van der Waals surface area contributed by atoms with Gasteiger partial charge in [0.15, 0.2) is 0 Å². The number of hydrogen-bond donors (Lipinski definition) is 2. The monoisotopic (exact) mass is 365 g/mol. The van der Waals surface area contributed by atoms with Crippen LogP contribution in [0.2, 0.25) is 0 Å². The summed E-state index contributed by atoms with van der Waals surface area (Å²) >= 11 is 1.33. The zero-order chi connectivity index (χ0) is 17.9. The zero-order valence-corrected chi connectivity index (χ0v) is 14.7. The molecule has 2 N–H and O–H groups in total. The number of nitrogens with one attached hydrogen (secondary N) is 2. The van der Waals surface area contributed by atoms with Gasteiger partial charge in [0.05, 0.1) is 24.6 Å². The van der Waals surface area contributed by atoms with Gasteiger partial charge in [-0.05, 0) is 30.3 Å². The lowest BCUT2D eigenvalue weighted by Gasteiger charge is -2.03. The van der Waals surface area contributed by atoms with Crippen LogP contribution >= 0.6 is 11.3 Å². The van der Waals surface area contributed by atoms with Gasteiger partial charge in [-0.3, -0.25) is 10.1 Å². The quantitative estimate of drug-likeness (QED) is 0.566. The number of hydrogen-bond acceptors (Lipinski definition) is 6. The van der Waals surface area contributed by atoms with Crippen LogP contribution in [0.4, 0.5) is 5.13 Å². The predicted molar refractivity (Wildman–Crippen MR) is 99.8 cm³/mol. The molecule has 0 aliphatic carbocycles. The molecule has 0 radical (unpaired) electrons. The molecule has 2 aromatic heterocycles. The Balaban J connectivity index is 1.46. The van der Waals surface area contributed by atoms with E-state index in [1.54, 1.807) is 31.4 Å². The van der Waals surface area contributed by atoms with Crippen LogP contribution in [-0.4, -0.2) is 33.2 Å². The molecule has 1 amide bonds. The van der Waals surface area contributed by atoms with Crippen LogP contribution in [0.5, 0.6) is 5.75 Å². The highest BCUT2D eigenvalue weighted by Crippen LogP contribution is 2.20. The van der Waals surface area contributed by atoms with Crippen LogP contribution in [0.25, 0.3) is 11.0 Å². The van der Waals surface area contributed by atoms with Gasteiger partial charge in [0.1, 0.15) is 16.6 Å². The van der Waals surface area contributed by atoms with Gasteiger partial charge < -0.3 is 9.72 Å². The standard InChI is InChI=1S/C18H15N5O2S/c1-25-12-6-4-5-11(9-12)17(24)21-18-23-22-16(26-18)10-15-19-13-7-2-3-8-14(13)20-15/h2-9H,10H2,1H3,(H,19,20)(H,21,23,24). The number of carbonyl (C=O) groups is 1. The van der Waals surface area contributed by atoms with Crippen LogP contribution in [0.3, 0.4) is 0 Å². The molecule has 0 saturated heterocycles. The number of imidazole rings is 1. The number of H-pyrrole nitrogens is 1. The van der Waals surface area contributed by atoms with Gasteiger partial charge in [-0.1, -0.05) is 29.5 Å². The van der Waals surface area contributed by atoms with Crippen LogP contribution in [0.15, 0.2) is 48.5 Å². The molecule has 26 heavy (non-hydrogen) atoms. The summed E-state index contributed by atoms with van der Waals surface area (Å²) in [7, 11) is 1.56. The largest absolute Gasteiger partial charge is 0.497 e. The molecule has 0 saturated carbocycles. The molecule has 0 spiro atoms. The van der Waals surface area contributed by atoms with Crippen LogP contribution in [0.1, 0.15) is 21.2 Å². The lowest BCUT2D eigenvalue weighted by Crippen LogP contribution is -2.11. The molecule has 0 bridgehead atoms. The molecule has 0 aliphatic heterocycles. The van der Waals surface area contributed by atoms with E-state index in [0.717, 1.165) is 21.9 Å². The van der Waals surface area contributed by atoms with Crippen molar-refractivity contribution in [2.75, 3.05) is 12.4 Å². The smallest absolute Gasteiger partial charge is 0.257 e. The fourth-order valence-corrected chi connectivity index (χ4v) is 3.28. The van der Waals surface area contributed by atoms with E-state index < -0.39 is 0 Å². The third-order valence-corrected chi connectivity index (χ3v) is 4.62. The van der Waals surface area contributed by atoms with Crippen molar-refractivity contribution in [2.24, 2.45) is 0 Å². The second kappa shape index (κ2) is 6.93. The van der Waals surface area contributed by atoms with Gasteiger partial charge in [0, 0.05) is 5.56 Å². The molecule has 0 fully saturated rings. The first-order valence-corrected chi connectivity index (χ1v) is 8.74. The van der Waals surface area contributed by atoms with Gasteiger partial charge in [-0.15, -0.1) is 10.2 Å². The number of anilines is 1. The van der Waals surface area contributed by atoms with Crippen molar-refractivity contribution in [3.05, 3.63) is 64.9 Å². The lowest BCUT2D eigenvalue weighted by molar-refractivity contribution is 0.102. The van der Waals surface area contributed by atoms with Gasteiger partial charge in [0.25, 0.3) is 5.91 Å². The molecular formula is C18H15N5O2S. The predicted octanol–water partition coefficient (Wildman–Crippen LogP) is 3.27. The van der Waals surface area contributed by atoms with Crippen molar-refractivity contribution in [3.63, 3.8) is 0 Å². The minimum atomic E-state index is -0.254. The number of rotatable bonds is 5. The number of fused-ring (bicyclic) bond motifs is 1. The summed E-state index contributed by atoms with van der Waals surface area (Å²) in [5.41, 5.74) is 2.40. The summed E-state index contributed by atoms with van der Waals surface area (Å²) in [6, 6.07) is 14.8. The maximum absolute atomic E-state index is 12.3. The second-order valence-electron chi connectivity index (χ2n) is 5.56. The molecule has 8 heteroatoms. The molecule has 2 aromatic carbocycles. The lowest BCUT2D eigenvalue weighted by atomic mass is 10.2. The number of aromatic nitrogens is 4. The molecule has 7 nitrogen and oxygen atoms in total. The summed E-state index contributed by atoms with van der Waals surface area (Å²) in [6.45, 7) is 0. The molecule has 130 valence electrons. The maximum atomic E-state index is 12.3. The molecule has 0 unspecified atom stereocenters. The average molecular weight is 365 g/mol. The highest BCUT2D eigenvalue weighted by atomic mass is 32.1. The average Bonchev–Trinajstić information content (AvgIpc) is 3.28. The summed E-state index contributed by atoms with van der Waals surface area (Å²) in [5, 5.41) is 12.1. The van der Waals surface area contributed by atoms with E-state index in [1.165, 1.54) is 11.3 Å². The van der Waals surface area contributed by atoms with E-state index in [0.29, 0.717) is 22.9 Å². The van der Waals surface area contributed by atoms with Crippen molar-refractivity contribution in [3.8, 4) is 5.75 Å². The Labute approximate surface area is 153 Å². The molecule has 0 aliphatic rings. The number of amides is 1. The molecule has 4 rings (SSSR count). The number of ether oxygens (including phenoxy) is 1. The van der Waals surface area contributed by atoms with E-state index in [2.05, 4.69) is 25.5 Å². The minimum absolute atomic E-state index is 0.254. The van der Waals surface area contributed by atoms with Crippen LogP contribution < -0.4 is 10.1 Å². The fraction of sp³-hybridized carbons (Fsp3) is 0.111. The Morgan fingerprint density at radius 1 is 1.19 bits per heavy atom. The number of carbonyl (C=O) groups excluding carboxylic acids is 1.